The Bertz CT molecular complexity index is 1950. The summed E-state index contributed by atoms with van der Waals surface area (Å²) in [5, 5.41) is 28.8. The molecule has 0 saturated heterocycles. The number of ether oxygens (including phenoxy) is 1. The number of phenols is 2. The minimum Gasteiger partial charge on any atom is -0.744 e. The third-order valence-electron chi connectivity index (χ3n) is 5.43. The molecule has 0 spiro atoms. The first-order valence-corrected chi connectivity index (χ1v) is 14.3. The number of aliphatic imine (C=N–C) groups is 1. The topological polar surface area (TPSA) is 198 Å². The van der Waals surface area contributed by atoms with Crippen LogP contribution in [0.3, 0.4) is 0 Å². The second-order valence-electron chi connectivity index (χ2n) is 7.99. The van der Waals surface area contributed by atoms with Gasteiger partial charge in [-0.25, -0.2) is 8.42 Å². The zero-order valence-electron chi connectivity index (χ0n) is 21.0. The van der Waals surface area contributed by atoms with Gasteiger partial charge in [-0.15, -0.1) is 10.2 Å². The normalized spacial score (nSPS) is 12.2. The Balaban J connectivity index is 0.00000462. The van der Waals surface area contributed by atoms with Gasteiger partial charge in [0.05, 0.1) is 28.1 Å². The molecule has 0 aliphatic carbocycles. The summed E-state index contributed by atoms with van der Waals surface area (Å²) in [7, 11) is -8.86. The number of benzene rings is 4. The molecule has 3 N–H and O–H groups in total. The average molecular weight is 648 g/mol. The molecule has 17 heteroatoms. The number of aromatic hydroxyl groups is 2. The Morgan fingerprint density at radius 1 is 0.927 bits per heavy atom. The van der Waals surface area contributed by atoms with Crippen molar-refractivity contribution < 1.29 is 70.4 Å². The van der Waals surface area contributed by atoms with Gasteiger partial charge in [-0.2, -0.15) is 8.42 Å². The van der Waals surface area contributed by atoms with E-state index in [9.17, 15) is 36.2 Å². The third kappa shape index (κ3) is 7.17. The molecule has 0 bridgehead atoms. The fraction of sp³-hybridized carbons (Fsp3) is 0.0417. The van der Waals surface area contributed by atoms with Crippen molar-refractivity contribution in [1.29, 1.82) is 0 Å². The van der Waals surface area contributed by atoms with E-state index in [-0.39, 0.29) is 78.8 Å². The van der Waals surface area contributed by atoms with Crippen molar-refractivity contribution in [3.63, 3.8) is 0 Å². The number of para-hydroxylation sites is 1. The van der Waals surface area contributed by atoms with Crippen LogP contribution in [0.2, 0.25) is 10.0 Å². The maximum atomic E-state index is 12.2. The van der Waals surface area contributed by atoms with Crippen molar-refractivity contribution in [3.05, 3.63) is 70.2 Å². The third-order valence-corrected chi connectivity index (χ3v) is 7.66. The summed E-state index contributed by atoms with van der Waals surface area (Å²) < 4.78 is 74.8. The average Bonchev–Trinajstić information content (AvgIpc) is 2.87. The quantitative estimate of drug-likeness (QED) is 0.117. The van der Waals surface area contributed by atoms with Crippen LogP contribution in [-0.2, 0) is 20.2 Å². The summed E-state index contributed by atoms with van der Waals surface area (Å²) >= 11 is 12.0. The number of halogens is 2. The van der Waals surface area contributed by atoms with Crippen molar-refractivity contribution in [2.24, 2.45) is 15.2 Å². The molecule has 0 unspecified atom stereocenters. The van der Waals surface area contributed by atoms with Crippen LogP contribution in [0.5, 0.6) is 17.2 Å². The molecule has 0 aliphatic rings. The first kappa shape index (κ1) is 32.7. The van der Waals surface area contributed by atoms with Crippen molar-refractivity contribution >= 4 is 77.5 Å². The second-order valence-corrected chi connectivity index (χ2v) is 11.6. The van der Waals surface area contributed by atoms with Crippen LogP contribution in [0.15, 0.2) is 79.6 Å². The van der Waals surface area contributed by atoms with Gasteiger partial charge in [0.15, 0.2) is 17.2 Å². The minimum absolute atomic E-state index is 0. The number of phenolic OH excluding ortho intramolecular Hbond substituents is 2. The number of rotatable bonds is 7. The first-order valence-electron chi connectivity index (χ1n) is 10.7. The summed E-state index contributed by atoms with van der Waals surface area (Å²) in [4.78, 5) is 2.35. The number of hydrogen-bond acceptors (Lipinski definition) is 11. The van der Waals surface area contributed by atoms with Gasteiger partial charge in [-0.1, -0.05) is 29.3 Å². The van der Waals surface area contributed by atoms with Crippen LogP contribution in [0.1, 0.15) is 5.56 Å². The van der Waals surface area contributed by atoms with Crippen molar-refractivity contribution in [2.45, 2.75) is 9.79 Å². The van der Waals surface area contributed by atoms with E-state index >= 15 is 0 Å². The molecule has 208 valence electrons. The van der Waals surface area contributed by atoms with Crippen LogP contribution in [0.25, 0.3) is 10.8 Å². The summed E-state index contributed by atoms with van der Waals surface area (Å²) in [6.45, 7) is 0. The second kappa shape index (κ2) is 12.6. The van der Waals surface area contributed by atoms with Crippen molar-refractivity contribution in [1.82, 2.24) is 0 Å². The SMILES string of the molecule is COc1cccc(C=Nc2cc(S(=O)(=O)[O-])cc3cc(S(=O)(=O)O)c(N=Nc4cc(Cl)ccc4Cl)c(O)c23)c1O.[Na+]. The fourth-order valence-corrected chi connectivity index (χ4v) is 5.10. The van der Waals surface area contributed by atoms with Gasteiger partial charge < -0.3 is 19.5 Å². The van der Waals surface area contributed by atoms with Crippen LogP contribution in [0.4, 0.5) is 17.1 Å². The maximum Gasteiger partial charge on any atom is 1.00 e. The number of azo groups is 1. The molecule has 0 amide bonds. The summed E-state index contributed by atoms with van der Waals surface area (Å²) in [6.07, 6.45) is 1.09. The first-order chi connectivity index (χ1) is 18.7. The van der Waals surface area contributed by atoms with Gasteiger partial charge in [0.2, 0.25) is 0 Å². The van der Waals surface area contributed by atoms with E-state index in [0.717, 1.165) is 24.4 Å². The Kier molecular flexibility index (Phi) is 10.1. The molecule has 4 rings (SSSR count). The monoisotopic (exact) mass is 647 g/mol. The van der Waals surface area contributed by atoms with E-state index in [1.807, 2.05) is 0 Å². The summed E-state index contributed by atoms with van der Waals surface area (Å²) in [6, 6.07) is 11.0. The molecule has 4 aromatic carbocycles. The van der Waals surface area contributed by atoms with Crippen molar-refractivity contribution in [2.75, 3.05) is 7.11 Å². The molecule has 0 radical (unpaired) electrons. The standard InChI is InChI=1S/C24H17Cl2N3O9S2.Na/c1-38-19-4-2-3-12(23(19)30)11-27-18-10-15(39(32,33)34)7-13-8-20(40(35,36)37)22(24(31)21(13)18)29-28-17-9-14(25)5-6-16(17)26;/h2-11,30-31H,1H3,(H,32,33,34)(H,35,36,37);/q;+1/p-1. The largest absolute Gasteiger partial charge is 1.00 e. The molecular formula is C24H16Cl2N3NaO9S2. The van der Waals surface area contributed by atoms with Crippen molar-refractivity contribution in [3.8, 4) is 17.2 Å². The van der Waals surface area contributed by atoms with E-state index in [1.54, 1.807) is 0 Å². The summed E-state index contributed by atoms with van der Waals surface area (Å²) in [5.41, 5.74) is -0.961. The van der Waals surface area contributed by atoms with E-state index < -0.39 is 41.5 Å². The Labute approximate surface area is 265 Å². The molecule has 0 fully saturated rings. The van der Waals surface area contributed by atoms with Gasteiger partial charge in [0.1, 0.15) is 26.4 Å². The van der Waals surface area contributed by atoms with E-state index in [1.165, 1.54) is 43.5 Å². The van der Waals surface area contributed by atoms with Crippen LogP contribution < -0.4 is 34.3 Å². The molecule has 0 aromatic heterocycles. The van der Waals surface area contributed by atoms with E-state index in [4.69, 9.17) is 27.9 Å². The Morgan fingerprint density at radius 2 is 1.63 bits per heavy atom. The van der Waals surface area contributed by atoms with Gasteiger partial charge in [0.25, 0.3) is 10.1 Å². The molecule has 41 heavy (non-hydrogen) atoms. The molecule has 0 aliphatic heterocycles. The van der Waals surface area contributed by atoms with Crippen LogP contribution in [0, 0.1) is 0 Å². The number of hydrogen-bond donors (Lipinski definition) is 3. The Morgan fingerprint density at radius 3 is 2.27 bits per heavy atom. The number of methoxy groups -OCH3 is 1. The fourth-order valence-electron chi connectivity index (χ4n) is 3.59. The van der Waals surface area contributed by atoms with E-state index in [0.29, 0.717) is 0 Å². The minimum atomic E-state index is -5.10. The predicted octanol–water partition coefficient (Wildman–Crippen LogP) is 2.89. The van der Waals surface area contributed by atoms with Gasteiger partial charge in [-0.05, 0) is 53.9 Å². The molecule has 0 atom stereocenters. The zero-order chi connectivity index (χ0) is 29.4. The molecular weight excluding hydrogens is 632 g/mol. The summed E-state index contributed by atoms with van der Waals surface area (Å²) in [5.74, 6) is -1.09. The molecule has 12 nitrogen and oxygen atoms in total. The Hall–Kier alpha value is -2.79. The van der Waals surface area contributed by atoms with Gasteiger partial charge in [0, 0.05) is 16.8 Å². The molecule has 4 aromatic rings. The smallest absolute Gasteiger partial charge is 0.744 e. The van der Waals surface area contributed by atoms with Crippen LogP contribution >= 0.6 is 23.2 Å². The number of fused-ring (bicyclic) bond motifs is 1. The predicted molar refractivity (Wildman–Crippen MR) is 146 cm³/mol. The molecule has 0 heterocycles. The van der Waals surface area contributed by atoms with Crippen LogP contribution in [-0.4, -0.2) is 49.5 Å². The van der Waals surface area contributed by atoms with Gasteiger partial charge in [-0.3, -0.25) is 9.55 Å². The number of nitrogens with zero attached hydrogens (tertiary/aromatic N) is 3. The molecule has 0 saturated carbocycles. The van der Waals surface area contributed by atoms with Gasteiger partial charge >= 0.3 is 29.6 Å². The maximum absolute atomic E-state index is 12.2. The zero-order valence-corrected chi connectivity index (χ0v) is 26.1. The van der Waals surface area contributed by atoms with E-state index in [2.05, 4.69) is 15.2 Å².